The molecule has 0 aliphatic rings. The van der Waals surface area contributed by atoms with E-state index in [1.54, 1.807) is 0 Å². The van der Waals surface area contributed by atoms with Gasteiger partial charge < -0.3 is 4.74 Å². The molecule has 5 nitrogen and oxygen atoms in total. The lowest BCUT2D eigenvalue weighted by atomic mass is 10.2. The first-order chi connectivity index (χ1) is 9.56. The number of carbonyl (C=O) groups excluding carboxylic acids is 1. The minimum Gasteiger partial charge on any atom is -0.464 e. The second-order valence-corrected chi connectivity index (χ2v) is 4.56. The number of esters is 1. The van der Waals surface area contributed by atoms with E-state index in [9.17, 15) is 9.18 Å². The molecule has 0 bridgehead atoms. The maximum atomic E-state index is 13.7. The van der Waals surface area contributed by atoms with E-state index in [4.69, 9.17) is 11.6 Å². The number of hydrogen-bond donors (Lipinski definition) is 0. The van der Waals surface area contributed by atoms with E-state index in [2.05, 4.69) is 15.0 Å². The SMILES string of the molecule is CCc1c(C(=O)OC)nnn1Cc1cc(Cl)ccc1F. The van der Waals surface area contributed by atoms with E-state index in [0.29, 0.717) is 22.7 Å². The van der Waals surface area contributed by atoms with Gasteiger partial charge in [0.2, 0.25) is 0 Å². The van der Waals surface area contributed by atoms with E-state index in [0.717, 1.165) is 0 Å². The molecule has 0 saturated heterocycles. The fourth-order valence-electron chi connectivity index (χ4n) is 1.89. The van der Waals surface area contributed by atoms with Crippen molar-refractivity contribution >= 4 is 17.6 Å². The van der Waals surface area contributed by atoms with E-state index >= 15 is 0 Å². The van der Waals surface area contributed by atoms with Gasteiger partial charge in [-0.2, -0.15) is 0 Å². The Balaban J connectivity index is 2.36. The van der Waals surface area contributed by atoms with Crippen molar-refractivity contribution in [1.82, 2.24) is 15.0 Å². The average Bonchev–Trinajstić information content (AvgIpc) is 2.84. The Morgan fingerprint density at radius 1 is 1.50 bits per heavy atom. The first-order valence-electron chi connectivity index (χ1n) is 6.01. The number of nitrogens with zero attached hydrogens (tertiary/aromatic N) is 3. The van der Waals surface area contributed by atoms with Crippen molar-refractivity contribution in [2.75, 3.05) is 7.11 Å². The third kappa shape index (κ3) is 2.80. The van der Waals surface area contributed by atoms with Gasteiger partial charge in [-0.3, -0.25) is 0 Å². The van der Waals surface area contributed by atoms with Crippen LogP contribution in [0.4, 0.5) is 4.39 Å². The Bertz CT molecular complexity index is 643. The molecule has 0 radical (unpaired) electrons. The first-order valence-corrected chi connectivity index (χ1v) is 6.39. The number of halogens is 2. The number of hydrogen-bond acceptors (Lipinski definition) is 4. The zero-order valence-corrected chi connectivity index (χ0v) is 11.8. The first kappa shape index (κ1) is 14.5. The lowest BCUT2D eigenvalue weighted by Crippen LogP contribution is -2.10. The number of methoxy groups -OCH3 is 1. The Hall–Kier alpha value is -1.95. The normalized spacial score (nSPS) is 10.6. The van der Waals surface area contributed by atoms with Crippen molar-refractivity contribution in [3.05, 3.63) is 46.0 Å². The molecular formula is C13H13ClFN3O2. The summed E-state index contributed by atoms with van der Waals surface area (Å²) in [6.45, 7) is 2.01. The summed E-state index contributed by atoms with van der Waals surface area (Å²) in [6.07, 6.45) is 0.527. The molecule has 2 rings (SSSR count). The van der Waals surface area contributed by atoms with Crippen LogP contribution < -0.4 is 0 Å². The molecule has 106 valence electrons. The highest BCUT2D eigenvalue weighted by Gasteiger charge is 2.19. The van der Waals surface area contributed by atoms with E-state index in [-0.39, 0.29) is 18.1 Å². The summed E-state index contributed by atoms with van der Waals surface area (Å²) in [6, 6.07) is 4.29. The van der Waals surface area contributed by atoms with Crippen molar-refractivity contribution in [2.24, 2.45) is 0 Å². The maximum Gasteiger partial charge on any atom is 0.360 e. The minimum atomic E-state index is -0.556. The molecular weight excluding hydrogens is 285 g/mol. The number of benzene rings is 1. The molecule has 2 aromatic rings. The zero-order chi connectivity index (χ0) is 14.7. The Morgan fingerprint density at radius 2 is 2.25 bits per heavy atom. The highest BCUT2D eigenvalue weighted by atomic mass is 35.5. The summed E-state index contributed by atoms with van der Waals surface area (Å²) in [5, 5.41) is 8.10. The lowest BCUT2D eigenvalue weighted by molar-refractivity contribution is 0.0592. The second kappa shape index (κ2) is 6.00. The maximum absolute atomic E-state index is 13.7. The molecule has 0 atom stereocenters. The van der Waals surface area contributed by atoms with Crippen molar-refractivity contribution < 1.29 is 13.9 Å². The zero-order valence-electron chi connectivity index (χ0n) is 11.1. The van der Waals surface area contributed by atoms with Gasteiger partial charge in [-0.25, -0.2) is 13.9 Å². The standard InChI is InChI=1S/C13H13ClFN3O2/c1-3-11-12(13(19)20-2)16-17-18(11)7-8-6-9(14)4-5-10(8)15/h4-6H,3,7H2,1-2H3. The topological polar surface area (TPSA) is 57.0 Å². The largest absolute Gasteiger partial charge is 0.464 e. The molecule has 1 aromatic heterocycles. The second-order valence-electron chi connectivity index (χ2n) is 4.12. The summed E-state index contributed by atoms with van der Waals surface area (Å²) in [7, 11) is 1.28. The van der Waals surface area contributed by atoms with Gasteiger partial charge in [0.05, 0.1) is 19.3 Å². The summed E-state index contributed by atoms with van der Waals surface area (Å²) in [4.78, 5) is 11.5. The van der Waals surface area contributed by atoms with Crippen LogP contribution in [0.15, 0.2) is 18.2 Å². The van der Waals surface area contributed by atoms with Gasteiger partial charge >= 0.3 is 5.97 Å². The number of ether oxygens (including phenoxy) is 1. The quantitative estimate of drug-likeness (QED) is 0.814. The summed E-state index contributed by atoms with van der Waals surface area (Å²) < 4.78 is 19.8. The molecule has 0 aliphatic heterocycles. The Morgan fingerprint density at radius 3 is 2.90 bits per heavy atom. The van der Waals surface area contributed by atoms with Gasteiger partial charge in [-0.1, -0.05) is 23.7 Å². The van der Waals surface area contributed by atoms with Crippen LogP contribution in [0.1, 0.15) is 28.7 Å². The molecule has 0 unspecified atom stereocenters. The molecule has 20 heavy (non-hydrogen) atoms. The van der Waals surface area contributed by atoms with Gasteiger partial charge in [-0.15, -0.1) is 5.10 Å². The molecule has 0 aliphatic carbocycles. The van der Waals surface area contributed by atoms with E-state index in [1.165, 1.54) is 30.0 Å². The average molecular weight is 298 g/mol. The molecule has 1 heterocycles. The van der Waals surface area contributed by atoms with Crippen LogP contribution >= 0.6 is 11.6 Å². The summed E-state index contributed by atoms with van der Waals surface area (Å²) in [5.74, 6) is -0.939. The third-order valence-electron chi connectivity index (χ3n) is 2.88. The van der Waals surface area contributed by atoms with Crippen molar-refractivity contribution in [1.29, 1.82) is 0 Å². The molecule has 7 heteroatoms. The van der Waals surface area contributed by atoms with Gasteiger partial charge in [0.25, 0.3) is 0 Å². The van der Waals surface area contributed by atoms with Gasteiger partial charge in [0.15, 0.2) is 5.69 Å². The van der Waals surface area contributed by atoms with Crippen LogP contribution in [0.3, 0.4) is 0 Å². The number of aromatic nitrogens is 3. The summed E-state index contributed by atoms with van der Waals surface area (Å²) in [5.41, 5.74) is 1.13. The van der Waals surface area contributed by atoms with Gasteiger partial charge in [0, 0.05) is 10.6 Å². The highest BCUT2D eigenvalue weighted by Crippen LogP contribution is 2.17. The Kier molecular flexibility index (Phi) is 4.34. The molecule has 0 amide bonds. The smallest absolute Gasteiger partial charge is 0.360 e. The van der Waals surface area contributed by atoms with E-state index in [1.807, 2.05) is 6.92 Å². The van der Waals surface area contributed by atoms with Crippen LogP contribution in [0.5, 0.6) is 0 Å². The molecule has 0 saturated carbocycles. The highest BCUT2D eigenvalue weighted by molar-refractivity contribution is 6.30. The predicted molar refractivity (Wildman–Crippen MR) is 71.3 cm³/mol. The third-order valence-corrected chi connectivity index (χ3v) is 3.11. The van der Waals surface area contributed by atoms with Crippen LogP contribution in [0, 0.1) is 5.82 Å². The molecule has 0 spiro atoms. The predicted octanol–water partition coefficient (Wildman–Crippen LogP) is 2.47. The summed E-state index contributed by atoms with van der Waals surface area (Å²) >= 11 is 5.85. The number of rotatable bonds is 4. The number of carbonyl (C=O) groups is 1. The lowest BCUT2D eigenvalue weighted by Gasteiger charge is -2.07. The van der Waals surface area contributed by atoms with Gasteiger partial charge in [0.1, 0.15) is 5.82 Å². The molecule has 0 N–H and O–H groups in total. The fourth-order valence-corrected chi connectivity index (χ4v) is 2.09. The van der Waals surface area contributed by atoms with Crippen molar-refractivity contribution in [3.8, 4) is 0 Å². The molecule has 1 aromatic carbocycles. The fraction of sp³-hybridized carbons (Fsp3) is 0.308. The van der Waals surface area contributed by atoms with E-state index < -0.39 is 5.97 Å². The minimum absolute atomic E-state index is 0.150. The van der Waals surface area contributed by atoms with Crippen molar-refractivity contribution in [3.63, 3.8) is 0 Å². The van der Waals surface area contributed by atoms with Gasteiger partial charge in [-0.05, 0) is 24.6 Å². The van der Waals surface area contributed by atoms with Crippen LogP contribution in [0.2, 0.25) is 5.02 Å². The monoisotopic (exact) mass is 297 g/mol. The molecule has 0 fully saturated rings. The Labute approximate surface area is 120 Å². The van der Waals surface area contributed by atoms with Crippen molar-refractivity contribution in [2.45, 2.75) is 19.9 Å². The van der Waals surface area contributed by atoms with Crippen LogP contribution in [-0.4, -0.2) is 28.1 Å². The van der Waals surface area contributed by atoms with Crippen LogP contribution in [-0.2, 0) is 17.7 Å². The van der Waals surface area contributed by atoms with Crippen LogP contribution in [0.25, 0.3) is 0 Å².